The average Bonchev–Trinajstić information content (AvgIpc) is 2.89. The van der Waals surface area contributed by atoms with E-state index in [0.29, 0.717) is 18.0 Å². The van der Waals surface area contributed by atoms with E-state index in [1.807, 2.05) is 24.3 Å². The van der Waals surface area contributed by atoms with Crippen LogP contribution in [0.15, 0.2) is 90.1 Å². The van der Waals surface area contributed by atoms with Crippen LogP contribution in [-0.4, -0.2) is 5.78 Å². The van der Waals surface area contributed by atoms with E-state index in [1.165, 1.54) is 5.56 Å². The second kappa shape index (κ2) is 8.14. The van der Waals surface area contributed by atoms with Crippen molar-refractivity contribution in [3.63, 3.8) is 0 Å². The number of nitrogens with zero attached hydrogens (tertiary/aromatic N) is 1. The molecular formula is C28H27ClN2O. The molecule has 162 valence electrons. The van der Waals surface area contributed by atoms with Gasteiger partial charge in [0.25, 0.3) is 0 Å². The molecule has 3 aromatic carbocycles. The molecule has 0 amide bonds. The molecule has 0 saturated heterocycles. The zero-order valence-corrected chi connectivity index (χ0v) is 19.2. The van der Waals surface area contributed by atoms with Gasteiger partial charge in [0.2, 0.25) is 0 Å². The fourth-order valence-electron chi connectivity index (χ4n) is 5.00. The maximum Gasteiger partial charge on any atom is 0.163 e. The van der Waals surface area contributed by atoms with Gasteiger partial charge < -0.3 is 10.2 Å². The molecule has 1 aliphatic heterocycles. The number of Topliss-reactive ketones (excluding diaryl/α,β-unsaturated/α-hetero) is 1. The fourth-order valence-corrected chi connectivity index (χ4v) is 5.13. The highest BCUT2D eigenvalue weighted by Gasteiger charge is 2.41. The number of benzene rings is 3. The van der Waals surface area contributed by atoms with Gasteiger partial charge in [0.15, 0.2) is 5.78 Å². The highest BCUT2D eigenvalue weighted by molar-refractivity contribution is 6.30. The van der Waals surface area contributed by atoms with Crippen molar-refractivity contribution in [1.29, 1.82) is 0 Å². The predicted molar refractivity (Wildman–Crippen MR) is 132 cm³/mol. The van der Waals surface area contributed by atoms with Gasteiger partial charge in [-0.1, -0.05) is 80.0 Å². The Labute approximate surface area is 194 Å². The number of hydrogen-bond acceptors (Lipinski definition) is 3. The third-order valence-corrected chi connectivity index (χ3v) is 6.64. The van der Waals surface area contributed by atoms with E-state index in [9.17, 15) is 4.79 Å². The quantitative estimate of drug-likeness (QED) is 0.467. The third kappa shape index (κ3) is 3.93. The van der Waals surface area contributed by atoms with Crippen LogP contribution in [0.25, 0.3) is 0 Å². The summed E-state index contributed by atoms with van der Waals surface area (Å²) in [6.45, 7) is 5.04. The number of nitrogens with one attached hydrogen (secondary N) is 1. The summed E-state index contributed by atoms with van der Waals surface area (Å²) < 4.78 is 0. The van der Waals surface area contributed by atoms with E-state index in [0.717, 1.165) is 34.6 Å². The van der Waals surface area contributed by atoms with Crippen LogP contribution in [0.5, 0.6) is 0 Å². The van der Waals surface area contributed by atoms with Gasteiger partial charge in [0.05, 0.1) is 17.4 Å². The minimum Gasteiger partial charge on any atom is -0.357 e. The van der Waals surface area contributed by atoms with Crippen molar-refractivity contribution in [3.05, 3.63) is 106 Å². The summed E-state index contributed by atoms with van der Waals surface area (Å²) >= 11 is 6.23. The monoisotopic (exact) mass is 442 g/mol. The normalized spacial score (nSPS) is 19.7. The van der Waals surface area contributed by atoms with Gasteiger partial charge in [-0.15, -0.1) is 0 Å². The maximum atomic E-state index is 13.6. The minimum absolute atomic E-state index is 0.0724. The molecule has 1 unspecified atom stereocenters. The molecule has 0 aromatic heterocycles. The lowest BCUT2D eigenvalue weighted by Crippen LogP contribution is -2.36. The lowest BCUT2D eigenvalue weighted by atomic mass is 9.73. The van der Waals surface area contributed by atoms with Gasteiger partial charge in [-0.25, -0.2) is 0 Å². The van der Waals surface area contributed by atoms with Gasteiger partial charge in [-0.2, -0.15) is 0 Å². The Morgan fingerprint density at radius 1 is 0.938 bits per heavy atom. The Hall–Kier alpha value is -3.04. The number of anilines is 2. The first-order chi connectivity index (χ1) is 15.4. The molecule has 2 aliphatic rings. The smallest absolute Gasteiger partial charge is 0.163 e. The zero-order valence-electron chi connectivity index (χ0n) is 18.4. The Bertz CT molecular complexity index is 1180. The molecule has 32 heavy (non-hydrogen) atoms. The highest BCUT2D eigenvalue weighted by atomic mass is 35.5. The second-order valence-corrected chi connectivity index (χ2v) is 9.98. The van der Waals surface area contributed by atoms with Gasteiger partial charge in [0, 0.05) is 29.3 Å². The number of hydrogen-bond donors (Lipinski definition) is 1. The summed E-state index contributed by atoms with van der Waals surface area (Å²) in [5.41, 5.74) is 6.25. The number of carbonyl (C=O) groups excluding carboxylic acids is 1. The van der Waals surface area contributed by atoms with Crippen molar-refractivity contribution in [2.24, 2.45) is 5.41 Å². The third-order valence-electron chi connectivity index (χ3n) is 6.39. The van der Waals surface area contributed by atoms with Gasteiger partial charge in [-0.05, 0) is 47.2 Å². The van der Waals surface area contributed by atoms with E-state index >= 15 is 0 Å². The van der Waals surface area contributed by atoms with Crippen LogP contribution in [0.2, 0.25) is 5.02 Å². The van der Waals surface area contributed by atoms with Crippen LogP contribution in [0.3, 0.4) is 0 Å². The minimum atomic E-state index is -0.192. The van der Waals surface area contributed by atoms with Crippen molar-refractivity contribution in [2.75, 3.05) is 10.2 Å². The Morgan fingerprint density at radius 3 is 2.38 bits per heavy atom. The summed E-state index contributed by atoms with van der Waals surface area (Å²) in [4.78, 5) is 16.0. The molecule has 3 aromatic rings. The number of para-hydroxylation sites is 2. The molecular weight excluding hydrogens is 416 g/mol. The molecule has 0 fully saturated rings. The summed E-state index contributed by atoms with van der Waals surface area (Å²) in [7, 11) is 0. The van der Waals surface area contributed by atoms with Crippen molar-refractivity contribution >= 4 is 28.8 Å². The van der Waals surface area contributed by atoms with Crippen molar-refractivity contribution in [1.82, 2.24) is 0 Å². The first-order valence-electron chi connectivity index (χ1n) is 11.1. The molecule has 5 rings (SSSR count). The number of carbonyl (C=O) groups is 1. The molecule has 0 radical (unpaired) electrons. The number of fused-ring (bicyclic) bond motifs is 1. The fraction of sp³-hybridized carbons (Fsp3) is 0.250. The summed E-state index contributed by atoms with van der Waals surface area (Å²) in [5, 5.41) is 4.36. The van der Waals surface area contributed by atoms with Crippen LogP contribution in [0.4, 0.5) is 11.4 Å². The predicted octanol–water partition coefficient (Wildman–Crippen LogP) is 7.16. The maximum absolute atomic E-state index is 13.6. The highest BCUT2D eigenvalue weighted by Crippen LogP contribution is 2.48. The Morgan fingerprint density at radius 2 is 1.62 bits per heavy atom. The first-order valence-corrected chi connectivity index (χ1v) is 11.5. The summed E-state index contributed by atoms with van der Waals surface area (Å²) in [6.07, 6.45) is 1.39. The average molecular weight is 443 g/mol. The SMILES string of the molecule is CC1(C)CC(=O)C2=C(C1)Nc1ccccc1N(Cc1ccccc1)C2c1ccc(Cl)cc1. The van der Waals surface area contributed by atoms with Crippen LogP contribution in [-0.2, 0) is 11.3 Å². The molecule has 0 saturated carbocycles. The first kappa shape index (κ1) is 20.8. The zero-order chi connectivity index (χ0) is 22.3. The summed E-state index contributed by atoms with van der Waals surface area (Å²) in [6, 6.07) is 26.5. The second-order valence-electron chi connectivity index (χ2n) is 9.54. The van der Waals surface area contributed by atoms with Gasteiger partial charge in [-0.3, -0.25) is 4.79 Å². The van der Waals surface area contributed by atoms with Crippen molar-refractivity contribution in [3.8, 4) is 0 Å². The number of halogens is 1. The largest absolute Gasteiger partial charge is 0.357 e. The van der Waals surface area contributed by atoms with E-state index in [2.05, 4.69) is 78.7 Å². The van der Waals surface area contributed by atoms with E-state index in [4.69, 9.17) is 11.6 Å². The van der Waals surface area contributed by atoms with E-state index in [-0.39, 0.29) is 17.2 Å². The van der Waals surface area contributed by atoms with Crippen LogP contribution < -0.4 is 10.2 Å². The molecule has 1 aliphatic carbocycles. The molecule has 4 heteroatoms. The van der Waals surface area contributed by atoms with Gasteiger partial charge in [0.1, 0.15) is 0 Å². The van der Waals surface area contributed by atoms with E-state index in [1.54, 1.807) is 0 Å². The van der Waals surface area contributed by atoms with Gasteiger partial charge >= 0.3 is 0 Å². The Balaban J connectivity index is 1.74. The number of ketones is 1. The molecule has 1 heterocycles. The van der Waals surface area contributed by atoms with Crippen LogP contribution in [0, 0.1) is 5.41 Å². The number of allylic oxidation sites excluding steroid dienone is 1. The van der Waals surface area contributed by atoms with E-state index < -0.39 is 0 Å². The van der Waals surface area contributed by atoms with Crippen LogP contribution >= 0.6 is 11.6 Å². The summed E-state index contributed by atoms with van der Waals surface area (Å²) in [5.74, 6) is 0.217. The van der Waals surface area contributed by atoms with Crippen molar-refractivity contribution < 1.29 is 4.79 Å². The number of rotatable bonds is 3. The van der Waals surface area contributed by atoms with Crippen LogP contribution in [0.1, 0.15) is 43.9 Å². The van der Waals surface area contributed by atoms with Crippen molar-refractivity contribution in [2.45, 2.75) is 39.3 Å². The lowest BCUT2D eigenvalue weighted by molar-refractivity contribution is -0.118. The molecule has 0 spiro atoms. The topological polar surface area (TPSA) is 32.3 Å². The standard InChI is InChI=1S/C28H27ClN2O/c1-28(2)16-23-26(25(32)17-28)27(20-12-14-21(29)15-13-20)31(18-19-8-4-3-5-9-19)24-11-7-6-10-22(24)30-23/h3-15,27,30H,16-18H2,1-2H3. The molecule has 1 atom stereocenters. The Kier molecular flexibility index (Phi) is 5.30. The molecule has 0 bridgehead atoms. The molecule has 1 N–H and O–H groups in total. The molecule has 3 nitrogen and oxygen atoms in total. The lowest BCUT2D eigenvalue weighted by Gasteiger charge is -2.38.